The summed E-state index contributed by atoms with van der Waals surface area (Å²) in [5.41, 5.74) is 2.51. The lowest BCUT2D eigenvalue weighted by Gasteiger charge is -2.34. The number of quaternary nitrogens is 1. The monoisotopic (exact) mass is 317 g/mol. The van der Waals surface area contributed by atoms with Gasteiger partial charge in [-0.15, -0.1) is 0 Å². The van der Waals surface area contributed by atoms with Crippen LogP contribution in [0.25, 0.3) is 0 Å². The standard InChI is InChI=1S/C18H21ClN2O/c1-22-18-8-3-2-7-17(18)21-11-9-20(10-12-21)14-15-5-4-6-16(19)13-15/h2-8,13H,9-12,14H2,1H3/p+1. The Morgan fingerprint density at radius 2 is 1.86 bits per heavy atom. The van der Waals surface area contributed by atoms with Gasteiger partial charge in [-0.1, -0.05) is 35.9 Å². The minimum absolute atomic E-state index is 0.824. The second-order valence-electron chi connectivity index (χ2n) is 5.72. The van der Waals surface area contributed by atoms with Crippen LogP contribution in [0.2, 0.25) is 5.02 Å². The Bertz CT molecular complexity index is 624. The maximum absolute atomic E-state index is 6.07. The fourth-order valence-corrected chi connectivity index (χ4v) is 3.28. The molecule has 1 aliphatic heterocycles. The summed E-state index contributed by atoms with van der Waals surface area (Å²) in [6.07, 6.45) is 0. The van der Waals surface area contributed by atoms with Gasteiger partial charge in [-0.3, -0.25) is 0 Å². The number of halogens is 1. The number of nitrogens with zero attached hydrogens (tertiary/aromatic N) is 1. The fraction of sp³-hybridized carbons (Fsp3) is 0.333. The molecular weight excluding hydrogens is 296 g/mol. The van der Waals surface area contributed by atoms with Crippen molar-refractivity contribution >= 4 is 17.3 Å². The minimum atomic E-state index is 0.824. The zero-order chi connectivity index (χ0) is 15.4. The van der Waals surface area contributed by atoms with Crippen molar-refractivity contribution in [3.63, 3.8) is 0 Å². The van der Waals surface area contributed by atoms with E-state index >= 15 is 0 Å². The van der Waals surface area contributed by atoms with Gasteiger partial charge in [0.1, 0.15) is 12.3 Å². The van der Waals surface area contributed by atoms with E-state index in [1.165, 1.54) is 11.3 Å². The van der Waals surface area contributed by atoms with Gasteiger partial charge >= 0.3 is 0 Å². The quantitative estimate of drug-likeness (QED) is 0.931. The van der Waals surface area contributed by atoms with Gasteiger partial charge in [0.15, 0.2) is 0 Å². The van der Waals surface area contributed by atoms with Crippen LogP contribution in [0, 0.1) is 0 Å². The summed E-state index contributed by atoms with van der Waals surface area (Å²) in [5.74, 6) is 0.959. The van der Waals surface area contributed by atoms with Crippen LogP contribution in [0.1, 0.15) is 5.56 Å². The van der Waals surface area contributed by atoms with Crippen LogP contribution in [0.3, 0.4) is 0 Å². The molecule has 0 saturated carbocycles. The number of nitrogens with one attached hydrogen (secondary N) is 1. The molecular formula is C18H22ClN2O+. The highest BCUT2D eigenvalue weighted by Crippen LogP contribution is 2.27. The fourth-order valence-electron chi connectivity index (χ4n) is 3.07. The van der Waals surface area contributed by atoms with Gasteiger partial charge in [0, 0.05) is 10.6 Å². The number of hydrogen-bond acceptors (Lipinski definition) is 2. The van der Waals surface area contributed by atoms with Crippen LogP contribution >= 0.6 is 11.6 Å². The highest BCUT2D eigenvalue weighted by molar-refractivity contribution is 6.30. The summed E-state index contributed by atoms with van der Waals surface area (Å²) in [5, 5.41) is 0.824. The Morgan fingerprint density at radius 3 is 2.59 bits per heavy atom. The van der Waals surface area contributed by atoms with E-state index in [9.17, 15) is 0 Å². The zero-order valence-electron chi connectivity index (χ0n) is 12.9. The van der Waals surface area contributed by atoms with E-state index in [2.05, 4.69) is 29.2 Å². The van der Waals surface area contributed by atoms with Crippen molar-refractivity contribution in [1.82, 2.24) is 0 Å². The number of hydrogen-bond donors (Lipinski definition) is 1. The maximum Gasteiger partial charge on any atom is 0.142 e. The predicted molar refractivity (Wildman–Crippen MR) is 91.1 cm³/mol. The van der Waals surface area contributed by atoms with Gasteiger partial charge in [0.25, 0.3) is 0 Å². The minimum Gasteiger partial charge on any atom is -0.495 e. The Labute approximate surface area is 137 Å². The summed E-state index contributed by atoms with van der Waals surface area (Å²) in [4.78, 5) is 4.02. The molecule has 2 aromatic rings. The van der Waals surface area contributed by atoms with E-state index in [-0.39, 0.29) is 0 Å². The number of ether oxygens (including phenoxy) is 1. The number of benzene rings is 2. The lowest BCUT2D eigenvalue weighted by Crippen LogP contribution is -3.13. The second kappa shape index (κ2) is 7.03. The Morgan fingerprint density at radius 1 is 1.09 bits per heavy atom. The van der Waals surface area contributed by atoms with E-state index in [1.807, 2.05) is 24.3 Å². The normalized spacial score (nSPS) is 15.8. The van der Waals surface area contributed by atoms with Crippen LogP contribution in [0.4, 0.5) is 5.69 Å². The first-order valence-corrected chi connectivity index (χ1v) is 8.10. The highest BCUT2D eigenvalue weighted by Gasteiger charge is 2.22. The molecule has 0 aromatic heterocycles. The molecule has 1 fully saturated rings. The van der Waals surface area contributed by atoms with E-state index in [4.69, 9.17) is 16.3 Å². The molecule has 1 heterocycles. The number of piperazine rings is 1. The van der Waals surface area contributed by atoms with Crippen LogP contribution in [-0.4, -0.2) is 33.3 Å². The summed E-state index contributed by atoms with van der Waals surface area (Å²) < 4.78 is 5.47. The van der Waals surface area contributed by atoms with E-state index in [0.29, 0.717) is 0 Å². The summed E-state index contributed by atoms with van der Waals surface area (Å²) in [6, 6.07) is 16.4. The first kappa shape index (κ1) is 15.2. The molecule has 116 valence electrons. The molecule has 3 rings (SSSR count). The van der Waals surface area contributed by atoms with E-state index in [0.717, 1.165) is 43.5 Å². The first-order valence-electron chi connectivity index (χ1n) is 7.72. The lowest BCUT2D eigenvalue weighted by atomic mass is 10.2. The molecule has 1 N–H and O–H groups in total. The molecule has 0 radical (unpaired) electrons. The Hall–Kier alpha value is -1.71. The van der Waals surface area contributed by atoms with Crippen molar-refractivity contribution in [2.75, 3.05) is 38.2 Å². The van der Waals surface area contributed by atoms with Crippen LogP contribution in [0.5, 0.6) is 5.75 Å². The number of methoxy groups -OCH3 is 1. The van der Waals surface area contributed by atoms with E-state index in [1.54, 1.807) is 12.0 Å². The molecule has 0 amide bonds. The summed E-state index contributed by atoms with van der Waals surface area (Å²) in [6.45, 7) is 5.40. The summed E-state index contributed by atoms with van der Waals surface area (Å²) >= 11 is 6.07. The Kier molecular flexibility index (Phi) is 4.86. The predicted octanol–water partition coefficient (Wildman–Crippen LogP) is 2.25. The third-order valence-electron chi connectivity index (χ3n) is 4.24. The molecule has 0 bridgehead atoms. The average molecular weight is 318 g/mol. The number of anilines is 1. The molecule has 1 aliphatic rings. The van der Waals surface area contributed by atoms with Crippen molar-refractivity contribution in [2.24, 2.45) is 0 Å². The van der Waals surface area contributed by atoms with Gasteiger partial charge < -0.3 is 14.5 Å². The maximum atomic E-state index is 6.07. The summed E-state index contributed by atoms with van der Waals surface area (Å²) in [7, 11) is 1.74. The van der Waals surface area contributed by atoms with Gasteiger partial charge in [-0.2, -0.15) is 0 Å². The SMILES string of the molecule is COc1ccccc1N1CC[NH+](Cc2cccc(Cl)c2)CC1. The Balaban J connectivity index is 1.60. The van der Waals surface area contributed by atoms with Gasteiger partial charge in [-0.25, -0.2) is 0 Å². The molecule has 2 aromatic carbocycles. The first-order chi connectivity index (χ1) is 10.8. The molecule has 22 heavy (non-hydrogen) atoms. The number of para-hydroxylation sites is 2. The largest absolute Gasteiger partial charge is 0.495 e. The van der Waals surface area contributed by atoms with Crippen molar-refractivity contribution in [2.45, 2.75) is 6.54 Å². The topological polar surface area (TPSA) is 16.9 Å². The molecule has 0 aliphatic carbocycles. The molecule has 4 heteroatoms. The highest BCUT2D eigenvalue weighted by atomic mass is 35.5. The molecule has 0 spiro atoms. The number of rotatable bonds is 4. The third-order valence-corrected chi connectivity index (χ3v) is 4.47. The second-order valence-corrected chi connectivity index (χ2v) is 6.15. The van der Waals surface area contributed by atoms with Crippen molar-refractivity contribution < 1.29 is 9.64 Å². The van der Waals surface area contributed by atoms with Crippen molar-refractivity contribution in [3.8, 4) is 5.75 Å². The van der Waals surface area contributed by atoms with Crippen LogP contribution in [-0.2, 0) is 6.54 Å². The molecule has 0 unspecified atom stereocenters. The van der Waals surface area contributed by atoms with E-state index < -0.39 is 0 Å². The lowest BCUT2D eigenvalue weighted by molar-refractivity contribution is -0.914. The van der Waals surface area contributed by atoms with Crippen LogP contribution < -0.4 is 14.5 Å². The molecule has 3 nitrogen and oxygen atoms in total. The van der Waals surface area contributed by atoms with Crippen LogP contribution in [0.15, 0.2) is 48.5 Å². The van der Waals surface area contributed by atoms with Crippen molar-refractivity contribution in [1.29, 1.82) is 0 Å². The van der Waals surface area contributed by atoms with Gasteiger partial charge in [0.2, 0.25) is 0 Å². The third kappa shape index (κ3) is 3.54. The van der Waals surface area contributed by atoms with Gasteiger partial charge in [-0.05, 0) is 24.3 Å². The molecule has 1 saturated heterocycles. The average Bonchev–Trinajstić information content (AvgIpc) is 2.56. The van der Waals surface area contributed by atoms with Gasteiger partial charge in [0.05, 0.1) is 39.0 Å². The van der Waals surface area contributed by atoms with Crippen molar-refractivity contribution in [3.05, 3.63) is 59.1 Å². The molecule has 0 atom stereocenters. The smallest absolute Gasteiger partial charge is 0.142 e. The zero-order valence-corrected chi connectivity index (χ0v) is 13.6.